The SMILES string of the molecule is CSCC(C)N(C)C(=O)c1cccc(CN2CCN(C)CC2)c1. The number of nitrogens with zero attached hydrogens (tertiary/aromatic N) is 3. The van der Waals surface area contributed by atoms with Crippen LogP contribution in [0.3, 0.4) is 0 Å². The van der Waals surface area contributed by atoms with Gasteiger partial charge in [0.15, 0.2) is 0 Å². The van der Waals surface area contributed by atoms with E-state index in [-0.39, 0.29) is 11.9 Å². The van der Waals surface area contributed by atoms with E-state index in [1.54, 1.807) is 11.8 Å². The van der Waals surface area contributed by atoms with Crippen molar-refractivity contribution in [1.82, 2.24) is 14.7 Å². The van der Waals surface area contributed by atoms with Crippen LogP contribution in [0, 0.1) is 0 Å². The molecule has 0 aliphatic carbocycles. The van der Waals surface area contributed by atoms with Crippen LogP contribution in [0.25, 0.3) is 0 Å². The Kier molecular flexibility index (Phi) is 6.93. The van der Waals surface area contributed by atoms with Crippen LogP contribution < -0.4 is 0 Å². The molecule has 1 atom stereocenters. The first-order chi connectivity index (χ1) is 11.0. The van der Waals surface area contributed by atoms with Gasteiger partial charge in [-0.25, -0.2) is 0 Å². The molecule has 0 aromatic heterocycles. The summed E-state index contributed by atoms with van der Waals surface area (Å²) in [6, 6.07) is 8.37. The molecule has 1 saturated heterocycles. The Bertz CT molecular complexity index is 515. The summed E-state index contributed by atoms with van der Waals surface area (Å²) in [6.45, 7) is 7.46. The Balaban J connectivity index is 2.00. The molecule has 1 aromatic carbocycles. The standard InChI is InChI=1S/C18H29N3OS/c1-15(14-23-4)20(3)18(22)17-7-5-6-16(12-17)13-21-10-8-19(2)9-11-21/h5-7,12,15H,8-11,13-14H2,1-4H3. The second-order valence-corrected chi connectivity index (χ2v) is 7.41. The molecule has 0 bridgehead atoms. The maximum absolute atomic E-state index is 12.6. The molecule has 1 amide bonds. The van der Waals surface area contributed by atoms with Gasteiger partial charge in [0.25, 0.3) is 5.91 Å². The number of benzene rings is 1. The molecule has 0 radical (unpaired) electrons. The number of thioether (sulfide) groups is 1. The Labute approximate surface area is 144 Å². The summed E-state index contributed by atoms with van der Waals surface area (Å²) < 4.78 is 0. The smallest absolute Gasteiger partial charge is 0.253 e. The molecular formula is C18H29N3OS. The van der Waals surface area contributed by atoms with Crippen molar-refractivity contribution >= 4 is 17.7 Å². The number of carbonyl (C=O) groups is 1. The van der Waals surface area contributed by atoms with Gasteiger partial charge in [-0.1, -0.05) is 12.1 Å². The van der Waals surface area contributed by atoms with E-state index in [2.05, 4.69) is 42.2 Å². The Morgan fingerprint density at radius 3 is 2.65 bits per heavy atom. The fourth-order valence-electron chi connectivity index (χ4n) is 2.82. The molecule has 128 valence electrons. The van der Waals surface area contributed by atoms with Crippen molar-refractivity contribution in [3.05, 3.63) is 35.4 Å². The first kappa shape index (κ1) is 18.3. The molecular weight excluding hydrogens is 306 g/mol. The van der Waals surface area contributed by atoms with Crippen LogP contribution in [-0.4, -0.2) is 78.9 Å². The predicted molar refractivity (Wildman–Crippen MR) is 99.2 cm³/mol. The van der Waals surface area contributed by atoms with E-state index in [9.17, 15) is 4.79 Å². The highest BCUT2D eigenvalue weighted by Gasteiger charge is 2.18. The summed E-state index contributed by atoms with van der Waals surface area (Å²) in [5.41, 5.74) is 2.03. The van der Waals surface area contributed by atoms with Gasteiger partial charge in [-0.2, -0.15) is 11.8 Å². The zero-order valence-corrected chi connectivity index (χ0v) is 15.6. The summed E-state index contributed by atoms with van der Waals surface area (Å²) in [6.07, 6.45) is 2.07. The zero-order valence-electron chi connectivity index (χ0n) is 14.8. The third kappa shape index (κ3) is 5.23. The summed E-state index contributed by atoms with van der Waals surface area (Å²) >= 11 is 1.77. The van der Waals surface area contributed by atoms with E-state index >= 15 is 0 Å². The number of hydrogen-bond acceptors (Lipinski definition) is 4. The van der Waals surface area contributed by atoms with Crippen LogP contribution in [-0.2, 0) is 6.54 Å². The predicted octanol–water partition coefficient (Wildman–Crippen LogP) is 2.26. The molecule has 5 heteroatoms. The van der Waals surface area contributed by atoms with Crippen molar-refractivity contribution in [2.45, 2.75) is 19.5 Å². The lowest BCUT2D eigenvalue weighted by Crippen LogP contribution is -2.43. The van der Waals surface area contributed by atoms with Gasteiger partial charge < -0.3 is 9.80 Å². The summed E-state index contributed by atoms with van der Waals surface area (Å²) in [5.74, 6) is 1.08. The average Bonchev–Trinajstić information content (AvgIpc) is 2.56. The molecule has 0 saturated carbocycles. The van der Waals surface area contributed by atoms with Gasteiger partial charge >= 0.3 is 0 Å². The number of likely N-dealkylation sites (N-methyl/N-ethyl adjacent to an activating group) is 1. The summed E-state index contributed by atoms with van der Waals surface area (Å²) in [7, 11) is 4.07. The normalized spacial score (nSPS) is 17.9. The average molecular weight is 336 g/mol. The number of amides is 1. The lowest BCUT2D eigenvalue weighted by atomic mass is 10.1. The fraction of sp³-hybridized carbons (Fsp3) is 0.611. The quantitative estimate of drug-likeness (QED) is 0.797. The van der Waals surface area contributed by atoms with Crippen molar-refractivity contribution in [1.29, 1.82) is 0 Å². The maximum atomic E-state index is 12.6. The van der Waals surface area contributed by atoms with Crippen molar-refractivity contribution in [3.8, 4) is 0 Å². The van der Waals surface area contributed by atoms with Gasteiger partial charge in [-0.3, -0.25) is 9.69 Å². The molecule has 0 spiro atoms. The lowest BCUT2D eigenvalue weighted by molar-refractivity contribution is 0.0757. The molecule has 1 heterocycles. The molecule has 1 unspecified atom stereocenters. The van der Waals surface area contributed by atoms with Crippen molar-refractivity contribution in [2.24, 2.45) is 0 Å². The van der Waals surface area contributed by atoms with Gasteiger partial charge in [0.1, 0.15) is 0 Å². The van der Waals surface area contributed by atoms with E-state index < -0.39 is 0 Å². The van der Waals surface area contributed by atoms with Crippen molar-refractivity contribution in [2.75, 3.05) is 52.3 Å². The Hall–Kier alpha value is -1.04. The highest BCUT2D eigenvalue weighted by Crippen LogP contribution is 2.14. The largest absolute Gasteiger partial charge is 0.338 e. The van der Waals surface area contributed by atoms with Crippen LogP contribution in [0.5, 0.6) is 0 Å². The van der Waals surface area contributed by atoms with Crippen LogP contribution >= 0.6 is 11.8 Å². The number of hydrogen-bond donors (Lipinski definition) is 0. The minimum absolute atomic E-state index is 0.117. The van der Waals surface area contributed by atoms with Crippen LogP contribution in [0.2, 0.25) is 0 Å². The molecule has 2 rings (SSSR count). The Morgan fingerprint density at radius 2 is 2.00 bits per heavy atom. The van der Waals surface area contributed by atoms with Crippen LogP contribution in [0.15, 0.2) is 24.3 Å². The van der Waals surface area contributed by atoms with Gasteiger partial charge in [0.2, 0.25) is 0 Å². The minimum Gasteiger partial charge on any atom is -0.338 e. The highest BCUT2D eigenvalue weighted by atomic mass is 32.2. The second kappa shape index (κ2) is 8.71. The zero-order chi connectivity index (χ0) is 16.8. The molecule has 1 aromatic rings. The van der Waals surface area contributed by atoms with E-state index in [4.69, 9.17) is 0 Å². The first-order valence-corrected chi connectivity index (χ1v) is 9.66. The van der Waals surface area contributed by atoms with Crippen LogP contribution in [0.1, 0.15) is 22.8 Å². The summed E-state index contributed by atoms with van der Waals surface area (Å²) in [5, 5.41) is 0. The molecule has 1 aliphatic heterocycles. The van der Waals surface area contributed by atoms with Crippen LogP contribution in [0.4, 0.5) is 0 Å². The number of rotatable bonds is 6. The number of piperazine rings is 1. The molecule has 23 heavy (non-hydrogen) atoms. The van der Waals surface area contributed by atoms with Gasteiger partial charge in [0.05, 0.1) is 0 Å². The Morgan fingerprint density at radius 1 is 1.30 bits per heavy atom. The molecule has 1 fully saturated rings. The summed E-state index contributed by atoms with van der Waals surface area (Å²) in [4.78, 5) is 19.3. The molecule has 1 aliphatic rings. The van der Waals surface area contributed by atoms with Gasteiger partial charge in [-0.15, -0.1) is 0 Å². The highest BCUT2D eigenvalue weighted by molar-refractivity contribution is 7.98. The third-order valence-electron chi connectivity index (χ3n) is 4.57. The topological polar surface area (TPSA) is 26.8 Å². The second-order valence-electron chi connectivity index (χ2n) is 6.50. The van der Waals surface area contributed by atoms with Gasteiger partial charge in [-0.05, 0) is 37.9 Å². The lowest BCUT2D eigenvalue weighted by Gasteiger charge is -2.32. The van der Waals surface area contributed by atoms with E-state index in [0.717, 1.165) is 44.0 Å². The van der Waals surface area contributed by atoms with Gasteiger partial charge in [0, 0.05) is 57.1 Å². The molecule has 4 nitrogen and oxygen atoms in total. The molecule has 0 N–H and O–H groups in total. The van der Waals surface area contributed by atoms with E-state index in [1.165, 1.54) is 5.56 Å². The van der Waals surface area contributed by atoms with E-state index in [0.29, 0.717) is 0 Å². The minimum atomic E-state index is 0.117. The fourth-order valence-corrected chi connectivity index (χ4v) is 3.53. The van der Waals surface area contributed by atoms with Crippen molar-refractivity contribution in [3.63, 3.8) is 0 Å². The maximum Gasteiger partial charge on any atom is 0.253 e. The van der Waals surface area contributed by atoms with Crippen molar-refractivity contribution < 1.29 is 4.79 Å². The third-order valence-corrected chi connectivity index (χ3v) is 5.38. The monoisotopic (exact) mass is 335 g/mol. The van der Waals surface area contributed by atoms with E-state index in [1.807, 2.05) is 24.1 Å². The first-order valence-electron chi connectivity index (χ1n) is 8.27. The number of carbonyl (C=O) groups excluding carboxylic acids is 1.